The van der Waals surface area contributed by atoms with Crippen LogP contribution < -0.4 is 13.9 Å². The molecular formula is C33H28N8O4S. The minimum absolute atomic E-state index is 0.0946. The highest BCUT2D eigenvalue weighted by molar-refractivity contribution is 7.93. The number of amides is 1. The number of hydrogen-bond acceptors (Lipinski definition) is 11. The van der Waals surface area contributed by atoms with Gasteiger partial charge >= 0.3 is 0 Å². The molecule has 2 aromatic heterocycles. The predicted octanol–water partition coefficient (Wildman–Crippen LogP) is 3.49. The van der Waals surface area contributed by atoms with E-state index >= 15 is 4.79 Å². The fraction of sp³-hybridized carbons (Fsp3) is 0.212. The second-order valence-electron chi connectivity index (χ2n) is 10.8. The Kier molecular flexibility index (Phi) is 7.31. The summed E-state index contributed by atoms with van der Waals surface area (Å²) in [5.74, 6) is 0.264. The quantitative estimate of drug-likeness (QED) is 0.260. The number of carbonyl (C=O) groups is 1. The van der Waals surface area contributed by atoms with Gasteiger partial charge in [-0.25, -0.2) is 27.7 Å². The van der Waals surface area contributed by atoms with Gasteiger partial charge in [-0.1, -0.05) is 36.4 Å². The lowest BCUT2D eigenvalue weighted by Crippen LogP contribution is -2.60. The van der Waals surface area contributed by atoms with Crippen molar-refractivity contribution >= 4 is 38.5 Å². The maximum Gasteiger partial charge on any atom is 0.273 e. The fourth-order valence-corrected chi connectivity index (χ4v) is 8.12. The highest BCUT2D eigenvalue weighted by Gasteiger charge is 2.60. The zero-order valence-electron chi connectivity index (χ0n) is 24.8. The van der Waals surface area contributed by atoms with Crippen LogP contribution in [0.1, 0.15) is 23.6 Å². The summed E-state index contributed by atoms with van der Waals surface area (Å²) >= 11 is 0. The van der Waals surface area contributed by atoms with Crippen molar-refractivity contribution in [2.75, 3.05) is 42.0 Å². The van der Waals surface area contributed by atoms with Gasteiger partial charge in [0.15, 0.2) is 5.54 Å². The number of rotatable bonds is 7. The van der Waals surface area contributed by atoms with Gasteiger partial charge in [-0.05, 0) is 43.3 Å². The van der Waals surface area contributed by atoms with Crippen molar-refractivity contribution in [3.8, 4) is 11.8 Å². The molecule has 0 aliphatic carbocycles. The number of aromatic nitrogens is 4. The zero-order valence-corrected chi connectivity index (χ0v) is 25.6. The van der Waals surface area contributed by atoms with Crippen molar-refractivity contribution in [3.63, 3.8) is 0 Å². The van der Waals surface area contributed by atoms with Crippen LogP contribution in [0, 0.1) is 11.3 Å². The lowest BCUT2D eigenvalue weighted by atomic mass is 9.80. The molecule has 0 radical (unpaired) electrons. The van der Waals surface area contributed by atoms with Crippen LogP contribution in [-0.4, -0.2) is 71.9 Å². The first kappa shape index (κ1) is 29.3. The Bertz CT molecular complexity index is 2110. The van der Waals surface area contributed by atoms with Gasteiger partial charge in [0.05, 0.1) is 29.4 Å². The minimum Gasteiger partial charge on any atom is -0.493 e. The third-order valence-electron chi connectivity index (χ3n) is 8.44. The molecule has 1 atom stereocenters. The van der Waals surface area contributed by atoms with Gasteiger partial charge in [-0.2, -0.15) is 5.26 Å². The average molecular weight is 633 g/mol. The Morgan fingerprint density at radius 2 is 1.67 bits per heavy atom. The number of anilines is 2. The number of carbonyl (C=O) groups excluding carboxylic acids is 1. The number of hydrogen-bond donors (Lipinski definition) is 0. The van der Waals surface area contributed by atoms with Crippen molar-refractivity contribution in [1.82, 2.24) is 24.8 Å². The second kappa shape index (κ2) is 11.5. The molecule has 0 N–H and O–H groups in total. The maximum atomic E-state index is 15.3. The number of ether oxygens (including phenoxy) is 1. The van der Waals surface area contributed by atoms with E-state index in [1.165, 1.54) is 37.1 Å². The Balaban J connectivity index is 1.46. The number of para-hydroxylation sites is 2. The van der Waals surface area contributed by atoms with E-state index in [2.05, 4.69) is 26.0 Å². The van der Waals surface area contributed by atoms with Crippen LogP contribution in [0.3, 0.4) is 0 Å². The number of sulfonamides is 1. The molecule has 12 nitrogen and oxygen atoms in total. The van der Waals surface area contributed by atoms with Gasteiger partial charge in [0.2, 0.25) is 5.95 Å². The average Bonchev–Trinajstić information content (AvgIpc) is 3.37. The van der Waals surface area contributed by atoms with Crippen molar-refractivity contribution in [2.24, 2.45) is 0 Å². The largest absolute Gasteiger partial charge is 0.493 e. The van der Waals surface area contributed by atoms with E-state index in [4.69, 9.17) is 4.74 Å². The normalized spacial score (nSPS) is 18.4. The van der Waals surface area contributed by atoms with Gasteiger partial charge in [-0.3, -0.25) is 14.7 Å². The number of nitriles is 1. The van der Waals surface area contributed by atoms with Crippen LogP contribution in [0.5, 0.6) is 5.75 Å². The molecular weight excluding hydrogens is 604 g/mol. The number of pyridine rings is 1. The van der Waals surface area contributed by atoms with E-state index in [-0.39, 0.29) is 16.1 Å². The van der Waals surface area contributed by atoms with Crippen molar-refractivity contribution in [1.29, 1.82) is 5.26 Å². The third kappa shape index (κ3) is 4.45. The van der Waals surface area contributed by atoms with Crippen molar-refractivity contribution in [3.05, 3.63) is 108 Å². The lowest BCUT2D eigenvalue weighted by molar-refractivity contribution is -0.127. The third-order valence-corrected chi connectivity index (χ3v) is 10.2. The molecule has 2 aliphatic heterocycles. The van der Waals surface area contributed by atoms with Gasteiger partial charge < -0.3 is 9.64 Å². The van der Waals surface area contributed by atoms with E-state index < -0.39 is 21.5 Å². The molecule has 46 heavy (non-hydrogen) atoms. The molecule has 1 saturated heterocycles. The summed E-state index contributed by atoms with van der Waals surface area (Å²) in [4.78, 5) is 36.1. The zero-order chi connectivity index (χ0) is 31.9. The van der Waals surface area contributed by atoms with Gasteiger partial charge in [0.25, 0.3) is 15.9 Å². The van der Waals surface area contributed by atoms with Gasteiger partial charge in [0, 0.05) is 48.9 Å². The molecule has 0 saturated carbocycles. The highest BCUT2D eigenvalue weighted by Crippen LogP contribution is 2.53. The Labute approximate surface area is 265 Å². The molecule has 0 bridgehead atoms. The summed E-state index contributed by atoms with van der Waals surface area (Å²) in [5.41, 5.74) is -0.0619. The molecule has 13 heteroatoms. The van der Waals surface area contributed by atoms with E-state index in [1.54, 1.807) is 48.5 Å². The summed E-state index contributed by atoms with van der Waals surface area (Å²) in [7, 11) is -4.51. The van der Waals surface area contributed by atoms with Gasteiger partial charge in [-0.15, -0.1) is 0 Å². The summed E-state index contributed by atoms with van der Waals surface area (Å²) in [6.07, 6.45) is 4.38. The van der Waals surface area contributed by atoms with Crippen LogP contribution >= 0.6 is 0 Å². The summed E-state index contributed by atoms with van der Waals surface area (Å²) in [6.45, 7) is 3.75. The van der Waals surface area contributed by atoms with E-state index in [1.807, 2.05) is 22.8 Å². The molecule has 7 rings (SSSR count). The Morgan fingerprint density at radius 3 is 2.43 bits per heavy atom. The Hall–Kier alpha value is -5.45. The molecule has 1 unspecified atom stereocenters. The molecule has 3 aromatic carbocycles. The van der Waals surface area contributed by atoms with Crippen LogP contribution in [-0.2, 0) is 20.4 Å². The first-order chi connectivity index (χ1) is 22.4. The standard InChI is InChI=1S/C33H28N8O4S/c1-2-45-28-10-4-3-9-25(28)33(40-17-15-39(16-18-40)32-37-21-35-22-38-32)26-19-23(20-34)12-13-27(26)41(31(33)42)46(43,44)29-11-5-7-24-8-6-14-36-30(24)29/h3-14,19,21-22H,2,15-18H2,1H3. The first-order valence-electron chi connectivity index (χ1n) is 14.7. The summed E-state index contributed by atoms with van der Waals surface area (Å²) in [6, 6.07) is 22.4. The van der Waals surface area contributed by atoms with E-state index in [9.17, 15) is 13.7 Å². The molecule has 1 fully saturated rings. The molecule has 2 aliphatic rings. The number of fused-ring (bicyclic) bond motifs is 2. The van der Waals surface area contributed by atoms with Crippen LogP contribution in [0.2, 0.25) is 0 Å². The first-order valence-corrected chi connectivity index (χ1v) is 16.2. The molecule has 230 valence electrons. The summed E-state index contributed by atoms with van der Waals surface area (Å²) < 4.78 is 36.5. The maximum absolute atomic E-state index is 15.3. The predicted molar refractivity (Wildman–Crippen MR) is 170 cm³/mol. The minimum atomic E-state index is -4.51. The number of piperazine rings is 1. The number of benzene rings is 3. The smallest absolute Gasteiger partial charge is 0.273 e. The Morgan fingerprint density at radius 1 is 0.913 bits per heavy atom. The van der Waals surface area contributed by atoms with Crippen molar-refractivity contribution in [2.45, 2.75) is 17.4 Å². The van der Waals surface area contributed by atoms with Crippen LogP contribution in [0.25, 0.3) is 10.9 Å². The molecule has 5 aromatic rings. The fourth-order valence-electron chi connectivity index (χ4n) is 6.49. The van der Waals surface area contributed by atoms with E-state index in [0.717, 1.165) is 4.31 Å². The highest BCUT2D eigenvalue weighted by atomic mass is 32.2. The molecule has 1 amide bonds. The van der Waals surface area contributed by atoms with E-state index in [0.29, 0.717) is 66.6 Å². The SMILES string of the molecule is CCOc1ccccc1C1(N2CCN(c3ncncn3)CC2)C(=O)N(S(=O)(=O)c2cccc3cccnc23)c2ccc(C#N)cc21. The number of nitrogens with zero attached hydrogens (tertiary/aromatic N) is 8. The lowest BCUT2D eigenvalue weighted by Gasteiger charge is -2.45. The van der Waals surface area contributed by atoms with Crippen LogP contribution in [0.15, 0.2) is 96.5 Å². The monoisotopic (exact) mass is 632 g/mol. The summed E-state index contributed by atoms with van der Waals surface area (Å²) in [5, 5.41) is 10.6. The molecule has 0 spiro atoms. The molecule has 4 heterocycles. The van der Waals surface area contributed by atoms with Crippen molar-refractivity contribution < 1.29 is 17.9 Å². The van der Waals surface area contributed by atoms with Gasteiger partial charge in [0.1, 0.15) is 23.3 Å². The second-order valence-corrected chi connectivity index (χ2v) is 12.6. The van der Waals surface area contributed by atoms with Crippen LogP contribution in [0.4, 0.5) is 11.6 Å². The topological polar surface area (TPSA) is 146 Å².